The molecule has 0 saturated heterocycles. The van der Waals surface area contributed by atoms with Crippen LogP contribution in [-0.2, 0) is 20.1 Å². The minimum absolute atomic E-state index is 0.929. The second kappa shape index (κ2) is 4.64. The van der Waals surface area contributed by atoms with Crippen LogP contribution in [0.1, 0.15) is 16.8 Å². The van der Waals surface area contributed by atoms with Gasteiger partial charge in [-0.25, -0.2) is 0 Å². The molecule has 0 aliphatic rings. The molecule has 2 rings (SSSR count). The maximum atomic E-state index is 3.46. The standard InChI is InChI=1S/C12H16N2S/c1-10-8-15-9-11(10)6-13-7-12-4-3-5-14(12)2/h3-5,8-9,13H,6-7H2,1-2H3. The van der Waals surface area contributed by atoms with Gasteiger partial charge in [0.1, 0.15) is 0 Å². The fraction of sp³-hybridized carbons (Fsp3) is 0.333. The Morgan fingerprint density at radius 2 is 2.20 bits per heavy atom. The SMILES string of the molecule is Cc1cscc1CNCc1cccn1C. The molecule has 0 amide bonds. The fourth-order valence-electron chi connectivity index (χ4n) is 1.57. The van der Waals surface area contributed by atoms with E-state index in [2.05, 4.69) is 52.9 Å². The summed E-state index contributed by atoms with van der Waals surface area (Å²) in [7, 11) is 2.08. The highest BCUT2D eigenvalue weighted by atomic mass is 32.1. The average molecular weight is 220 g/mol. The van der Waals surface area contributed by atoms with Crippen molar-refractivity contribution in [2.45, 2.75) is 20.0 Å². The zero-order valence-electron chi connectivity index (χ0n) is 9.16. The molecule has 2 aromatic rings. The number of rotatable bonds is 4. The summed E-state index contributed by atoms with van der Waals surface area (Å²) in [6, 6.07) is 4.22. The molecule has 1 N–H and O–H groups in total. The van der Waals surface area contributed by atoms with Crippen molar-refractivity contribution < 1.29 is 0 Å². The summed E-state index contributed by atoms with van der Waals surface area (Å²) in [5.41, 5.74) is 4.12. The van der Waals surface area contributed by atoms with Crippen molar-refractivity contribution in [3.63, 3.8) is 0 Å². The maximum absolute atomic E-state index is 3.46. The van der Waals surface area contributed by atoms with Crippen molar-refractivity contribution in [3.05, 3.63) is 45.9 Å². The van der Waals surface area contributed by atoms with Gasteiger partial charge in [-0.05, 0) is 40.9 Å². The van der Waals surface area contributed by atoms with E-state index in [4.69, 9.17) is 0 Å². The highest BCUT2D eigenvalue weighted by Gasteiger charge is 2.00. The smallest absolute Gasteiger partial charge is 0.0362 e. The van der Waals surface area contributed by atoms with E-state index in [0.717, 1.165) is 13.1 Å². The summed E-state index contributed by atoms with van der Waals surface area (Å²) in [6.07, 6.45) is 2.08. The van der Waals surface area contributed by atoms with Crippen LogP contribution in [0.5, 0.6) is 0 Å². The van der Waals surface area contributed by atoms with Gasteiger partial charge in [0.25, 0.3) is 0 Å². The molecule has 0 spiro atoms. The molecular formula is C12H16N2S. The van der Waals surface area contributed by atoms with Crippen LogP contribution in [0.4, 0.5) is 0 Å². The molecule has 15 heavy (non-hydrogen) atoms. The Kier molecular flexibility index (Phi) is 3.23. The van der Waals surface area contributed by atoms with Crippen LogP contribution < -0.4 is 5.32 Å². The van der Waals surface area contributed by atoms with Gasteiger partial charge in [0.15, 0.2) is 0 Å². The predicted molar refractivity (Wildman–Crippen MR) is 65.0 cm³/mol. The molecule has 0 aromatic carbocycles. The molecule has 0 saturated carbocycles. The van der Waals surface area contributed by atoms with Gasteiger partial charge in [-0.1, -0.05) is 0 Å². The topological polar surface area (TPSA) is 17.0 Å². The van der Waals surface area contributed by atoms with Crippen LogP contribution >= 0.6 is 11.3 Å². The molecule has 2 aromatic heterocycles. The van der Waals surface area contributed by atoms with Gasteiger partial charge in [0, 0.05) is 32.0 Å². The molecule has 0 fully saturated rings. The third kappa shape index (κ3) is 2.49. The van der Waals surface area contributed by atoms with E-state index >= 15 is 0 Å². The first kappa shape index (κ1) is 10.5. The van der Waals surface area contributed by atoms with Crippen LogP contribution in [0.25, 0.3) is 0 Å². The van der Waals surface area contributed by atoms with Crippen molar-refractivity contribution in [3.8, 4) is 0 Å². The van der Waals surface area contributed by atoms with Gasteiger partial charge in [0.2, 0.25) is 0 Å². The first-order chi connectivity index (χ1) is 7.27. The Hall–Kier alpha value is -1.06. The lowest BCUT2D eigenvalue weighted by molar-refractivity contribution is 0.654. The summed E-state index contributed by atoms with van der Waals surface area (Å²) in [4.78, 5) is 0. The molecule has 0 aliphatic heterocycles. The van der Waals surface area contributed by atoms with E-state index in [9.17, 15) is 0 Å². The first-order valence-corrected chi connectivity index (χ1v) is 6.04. The van der Waals surface area contributed by atoms with Crippen molar-refractivity contribution in [1.29, 1.82) is 0 Å². The van der Waals surface area contributed by atoms with E-state index in [1.807, 2.05) is 0 Å². The number of aromatic nitrogens is 1. The van der Waals surface area contributed by atoms with E-state index in [0.29, 0.717) is 0 Å². The Morgan fingerprint density at radius 1 is 1.33 bits per heavy atom. The van der Waals surface area contributed by atoms with Gasteiger partial charge >= 0.3 is 0 Å². The molecule has 0 unspecified atom stereocenters. The molecule has 2 nitrogen and oxygen atoms in total. The number of nitrogens with zero attached hydrogens (tertiary/aromatic N) is 1. The lowest BCUT2D eigenvalue weighted by atomic mass is 10.2. The van der Waals surface area contributed by atoms with Gasteiger partial charge < -0.3 is 9.88 Å². The zero-order valence-corrected chi connectivity index (χ0v) is 9.97. The van der Waals surface area contributed by atoms with Crippen LogP contribution in [-0.4, -0.2) is 4.57 Å². The molecule has 3 heteroatoms. The van der Waals surface area contributed by atoms with Crippen molar-refractivity contribution >= 4 is 11.3 Å². The van der Waals surface area contributed by atoms with Gasteiger partial charge in [-0.15, -0.1) is 0 Å². The Balaban J connectivity index is 1.86. The summed E-state index contributed by atoms with van der Waals surface area (Å²) in [6.45, 7) is 4.05. The lowest BCUT2D eigenvalue weighted by Crippen LogP contribution is -2.14. The Labute approximate surface area is 94.6 Å². The molecule has 0 atom stereocenters. The quantitative estimate of drug-likeness (QED) is 0.838. The van der Waals surface area contributed by atoms with E-state index in [1.54, 1.807) is 11.3 Å². The second-order valence-electron chi connectivity index (χ2n) is 3.79. The van der Waals surface area contributed by atoms with Crippen molar-refractivity contribution in [2.24, 2.45) is 7.05 Å². The van der Waals surface area contributed by atoms with Gasteiger partial charge in [-0.2, -0.15) is 11.3 Å². The molecule has 80 valence electrons. The number of hydrogen-bond donors (Lipinski definition) is 1. The number of nitrogens with one attached hydrogen (secondary N) is 1. The minimum Gasteiger partial charge on any atom is -0.353 e. The highest BCUT2D eigenvalue weighted by molar-refractivity contribution is 7.08. The van der Waals surface area contributed by atoms with Crippen LogP contribution in [0.2, 0.25) is 0 Å². The summed E-state index contributed by atoms with van der Waals surface area (Å²) in [5.74, 6) is 0. The highest BCUT2D eigenvalue weighted by Crippen LogP contribution is 2.13. The van der Waals surface area contributed by atoms with Crippen molar-refractivity contribution in [1.82, 2.24) is 9.88 Å². The largest absolute Gasteiger partial charge is 0.353 e. The maximum Gasteiger partial charge on any atom is 0.0362 e. The second-order valence-corrected chi connectivity index (χ2v) is 4.54. The number of hydrogen-bond acceptors (Lipinski definition) is 2. The molecule has 0 aliphatic carbocycles. The molecule has 0 bridgehead atoms. The van der Waals surface area contributed by atoms with Crippen LogP contribution in [0, 0.1) is 6.92 Å². The monoisotopic (exact) mass is 220 g/mol. The van der Waals surface area contributed by atoms with E-state index in [-0.39, 0.29) is 0 Å². The van der Waals surface area contributed by atoms with Crippen molar-refractivity contribution in [2.75, 3.05) is 0 Å². The Morgan fingerprint density at radius 3 is 2.80 bits per heavy atom. The summed E-state index contributed by atoms with van der Waals surface area (Å²) in [5, 5.41) is 7.87. The summed E-state index contributed by atoms with van der Waals surface area (Å²) >= 11 is 1.77. The van der Waals surface area contributed by atoms with E-state index in [1.165, 1.54) is 16.8 Å². The molecule has 0 radical (unpaired) electrons. The summed E-state index contributed by atoms with van der Waals surface area (Å²) < 4.78 is 2.15. The number of thiophene rings is 1. The first-order valence-electron chi connectivity index (χ1n) is 5.10. The van der Waals surface area contributed by atoms with Crippen LogP contribution in [0.3, 0.4) is 0 Å². The lowest BCUT2D eigenvalue weighted by Gasteiger charge is -2.05. The molecule has 2 heterocycles. The number of aryl methyl sites for hydroxylation is 2. The minimum atomic E-state index is 0.929. The third-order valence-electron chi connectivity index (χ3n) is 2.63. The average Bonchev–Trinajstić information content (AvgIpc) is 2.78. The van der Waals surface area contributed by atoms with Gasteiger partial charge in [-0.3, -0.25) is 0 Å². The fourth-order valence-corrected chi connectivity index (χ4v) is 2.43. The normalized spacial score (nSPS) is 10.8. The Bertz CT molecular complexity index is 388. The predicted octanol–water partition coefficient (Wildman–Crippen LogP) is 2.68. The van der Waals surface area contributed by atoms with E-state index < -0.39 is 0 Å². The zero-order chi connectivity index (χ0) is 10.7. The van der Waals surface area contributed by atoms with Crippen LogP contribution in [0.15, 0.2) is 29.1 Å². The third-order valence-corrected chi connectivity index (χ3v) is 3.54. The molecular weight excluding hydrogens is 204 g/mol. The van der Waals surface area contributed by atoms with Gasteiger partial charge in [0.05, 0.1) is 0 Å².